The molecule has 2 heterocycles. The third-order valence-corrected chi connectivity index (χ3v) is 3.63. The second-order valence-electron chi connectivity index (χ2n) is 4.76. The van der Waals surface area contributed by atoms with Gasteiger partial charge in [-0.05, 0) is 25.3 Å². The molecule has 4 unspecified atom stereocenters. The maximum atomic E-state index is 12.8. The molecule has 2 aliphatic heterocycles. The fourth-order valence-electron chi connectivity index (χ4n) is 2.71. The van der Waals surface area contributed by atoms with Gasteiger partial charge in [0.2, 0.25) is 5.91 Å². The van der Waals surface area contributed by atoms with Gasteiger partial charge in [0, 0.05) is 19.1 Å². The molecule has 3 nitrogen and oxygen atoms in total. The van der Waals surface area contributed by atoms with Gasteiger partial charge in [0.15, 0.2) is 0 Å². The normalized spacial score (nSPS) is 45.4. The van der Waals surface area contributed by atoms with Crippen molar-refractivity contribution in [2.75, 3.05) is 19.6 Å². The lowest BCUT2D eigenvalue weighted by molar-refractivity contribution is -0.133. The Labute approximate surface area is 82.6 Å². The van der Waals surface area contributed by atoms with Crippen molar-refractivity contribution in [2.45, 2.75) is 25.1 Å². The minimum absolute atomic E-state index is 0.0636. The molecule has 0 spiro atoms. The Morgan fingerprint density at radius 3 is 2.79 bits per heavy atom. The molecule has 0 radical (unpaired) electrons. The van der Waals surface area contributed by atoms with E-state index in [4.69, 9.17) is 0 Å². The lowest BCUT2D eigenvalue weighted by Crippen LogP contribution is -2.42. The Balaban J connectivity index is 1.70. The van der Waals surface area contributed by atoms with Crippen molar-refractivity contribution < 1.29 is 9.18 Å². The van der Waals surface area contributed by atoms with Crippen LogP contribution in [-0.4, -0.2) is 42.7 Å². The molecule has 4 heteroatoms. The van der Waals surface area contributed by atoms with Crippen LogP contribution in [0.1, 0.15) is 12.8 Å². The molecule has 2 saturated heterocycles. The van der Waals surface area contributed by atoms with Crippen LogP contribution >= 0.6 is 0 Å². The molecule has 0 aromatic heterocycles. The van der Waals surface area contributed by atoms with Crippen LogP contribution in [0.3, 0.4) is 0 Å². The van der Waals surface area contributed by atoms with Crippen LogP contribution in [0.25, 0.3) is 0 Å². The average Bonchev–Trinajstić information content (AvgIpc) is 2.84. The monoisotopic (exact) mass is 198 g/mol. The first-order chi connectivity index (χ1) is 6.75. The molecule has 0 aromatic rings. The van der Waals surface area contributed by atoms with Crippen LogP contribution < -0.4 is 5.32 Å². The molecule has 4 atom stereocenters. The van der Waals surface area contributed by atoms with E-state index in [2.05, 4.69) is 5.32 Å². The standard InChI is InChI=1S/C10H15FN2O/c11-9-2-8(9)10(14)13-5-6-1-7(13)4-12-3-6/h6-9,12H,1-5H2. The Bertz CT molecular complexity index is 271. The highest BCUT2D eigenvalue weighted by atomic mass is 19.1. The minimum Gasteiger partial charge on any atom is -0.338 e. The number of amides is 1. The fourth-order valence-corrected chi connectivity index (χ4v) is 2.71. The summed E-state index contributed by atoms with van der Waals surface area (Å²) in [6.45, 7) is 2.76. The summed E-state index contributed by atoms with van der Waals surface area (Å²) in [5.41, 5.74) is 0. The van der Waals surface area contributed by atoms with E-state index in [-0.39, 0.29) is 11.8 Å². The number of rotatable bonds is 1. The van der Waals surface area contributed by atoms with Crippen LogP contribution in [0.2, 0.25) is 0 Å². The van der Waals surface area contributed by atoms with Crippen LogP contribution in [0, 0.1) is 11.8 Å². The first kappa shape index (κ1) is 8.65. The van der Waals surface area contributed by atoms with E-state index in [0.717, 1.165) is 26.1 Å². The second kappa shape index (κ2) is 2.92. The van der Waals surface area contributed by atoms with Crippen LogP contribution in [0.4, 0.5) is 4.39 Å². The number of carbonyl (C=O) groups is 1. The van der Waals surface area contributed by atoms with E-state index in [1.165, 1.54) is 0 Å². The molecule has 3 aliphatic rings. The topological polar surface area (TPSA) is 32.3 Å². The summed E-state index contributed by atoms with van der Waals surface area (Å²) in [4.78, 5) is 13.7. The highest BCUT2D eigenvalue weighted by molar-refractivity contribution is 5.82. The lowest BCUT2D eigenvalue weighted by Gasteiger charge is -2.24. The summed E-state index contributed by atoms with van der Waals surface area (Å²) in [6, 6.07) is 0.342. The highest BCUT2D eigenvalue weighted by Gasteiger charge is 2.49. The molecular weight excluding hydrogens is 183 g/mol. The lowest BCUT2D eigenvalue weighted by atomic mass is 10.0. The van der Waals surface area contributed by atoms with Gasteiger partial charge in [0.05, 0.1) is 5.92 Å². The summed E-state index contributed by atoms with van der Waals surface area (Å²) < 4.78 is 12.8. The Hall–Kier alpha value is -0.640. The summed E-state index contributed by atoms with van der Waals surface area (Å²) in [5.74, 6) is 0.373. The molecule has 1 N–H and O–H groups in total. The third-order valence-electron chi connectivity index (χ3n) is 3.63. The van der Waals surface area contributed by atoms with Crippen LogP contribution in [-0.2, 0) is 4.79 Å². The van der Waals surface area contributed by atoms with E-state index >= 15 is 0 Å². The number of alkyl halides is 1. The van der Waals surface area contributed by atoms with E-state index in [1.807, 2.05) is 4.90 Å². The Morgan fingerprint density at radius 1 is 1.36 bits per heavy atom. The highest BCUT2D eigenvalue weighted by Crippen LogP contribution is 2.38. The molecule has 3 fully saturated rings. The number of halogens is 1. The van der Waals surface area contributed by atoms with Gasteiger partial charge < -0.3 is 10.2 Å². The largest absolute Gasteiger partial charge is 0.338 e. The zero-order chi connectivity index (χ0) is 9.71. The zero-order valence-corrected chi connectivity index (χ0v) is 8.08. The summed E-state index contributed by atoms with van der Waals surface area (Å²) in [5, 5.41) is 3.31. The number of likely N-dealkylation sites (tertiary alicyclic amines) is 1. The second-order valence-corrected chi connectivity index (χ2v) is 4.76. The van der Waals surface area contributed by atoms with Crippen LogP contribution in [0.15, 0.2) is 0 Å². The molecule has 0 aromatic carbocycles. The number of nitrogens with zero attached hydrogens (tertiary/aromatic N) is 1. The van der Waals surface area contributed by atoms with Gasteiger partial charge >= 0.3 is 0 Å². The van der Waals surface area contributed by atoms with Gasteiger partial charge in [-0.15, -0.1) is 0 Å². The Kier molecular flexibility index (Phi) is 1.81. The van der Waals surface area contributed by atoms with Gasteiger partial charge in [-0.3, -0.25) is 4.79 Å². The molecule has 1 saturated carbocycles. The number of fused-ring (bicyclic) bond motifs is 2. The summed E-state index contributed by atoms with van der Waals surface area (Å²) in [6.07, 6.45) is 0.721. The molecule has 78 valence electrons. The van der Waals surface area contributed by atoms with Crippen molar-refractivity contribution in [1.82, 2.24) is 10.2 Å². The van der Waals surface area contributed by atoms with Gasteiger partial charge in [0.1, 0.15) is 6.17 Å². The zero-order valence-electron chi connectivity index (χ0n) is 8.08. The van der Waals surface area contributed by atoms with Gasteiger partial charge in [-0.1, -0.05) is 0 Å². The fraction of sp³-hybridized carbons (Fsp3) is 0.900. The number of hydrogen-bond donors (Lipinski definition) is 1. The molecule has 1 aliphatic carbocycles. The Morgan fingerprint density at radius 2 is 2.14 bits per heavy atom. The quantitative estimate of drug-likeness (QED) is 0.651. The predicted molar refractivity (Wildman–Crippen MR) is 49.5 cm³/mol. The van der Waals surface area contributed by atoms with Gasteiger partial charge in [-0.25, -0.2) is 4.39 Å². The predicted octanol–water partition coefficient (Wildman–Crippen LogP) is 0.165. The molecule has 14 heavy (non-hydrogen) atoms. The number of hydrogen-bond acceptors (Lipinski definition) is 2. The van der Waals surface area contributed by atoms with E-state index in [1.54, 1.807) is 0 Å². The SMILES string of the molecule is O=C(C1CC1F)N1CC2CNCC1C2. The minimum atomic E-state index is -0.851. The van der Waals surface area contributed by atoms with E-state index < -0.39 is 6.17 Å². The van der Waals surface area contributed by atoms with E-state index in [0.29, 0.717) is 18.4 Å². The summed E-state index contributed by atoms with van der Waals surface area (Å²) in [7, 11) is 0. The van der Waals surface area contributed by atoms with Crippen molar-refractivity contribution in [3.05, 3.63) is 0 Å². The number of nitrogens with one attached hydrogen (secondary N) is 1. The molecular formula is C10H15FN2O. The molecule has 3 rings (SSSR count). The molecule has 1 amide bonds. The maximum Gasteiger partial charge on any atom is 0.229 e. The first-order valence-corrected chi connectivity index (χ1v) is 5.41. The molecule has 2 bridgehead atoms. The smallest absolute Gasteiger partial charge is 0.229 e. The average molecular weight is 198 g/mol. The van der Waals surface area contributed by atoms with E-state index in [9.17, 15) is 9.18 Å². The van der Waals surface area contributed by atoms with Crippen molar-refractivity contribution in [3.63, 3.8) is 0 Å². The van der Waals surface area contributed by atoms with Gasteiger partial charge in [-0.2, -0.15) is 0 Å². The number of piperidine rings is 1. The van der Waals surface area contributed by atoms with Crippen molar-refractivity contribution in [1.29, 1.82) is 0 Å². The number of carbonyl (C=O) groups excluding carboxylic acids is 1. The first-order valence-electron chi connectivity index (χ1n) is 5.41. The van der Waals surface area contributed by atoms with Gasteiger partial charge in [0.25, 0.3) is 0 Å². The van der Waals surface area contributed by atoms with Crippen molar-refractivity contribution in [2.24, 2.45) is 11.8 Å². The summed E-state index contributed by atoms with van der Waals surface area (Å²) >= 11 is 0. The van der Waals surface area contributed by atoms with Crippen LogP contribution in [0.5, 0.6) is 0 Å². The third kappa shape index (κ3) is 1.24. The maximum absolute atomic E-state index is 12.8. The van der Waals surface area contributed by atoms with Crippen molar-refractivity contribution >= 4 is 5.91 Å². The van der Waals surface area contributed by atoms with Crippen molar-refractivity contribution in [3.8, 4) is 0 Å².